The third kappa shape index (κ3) is 3.53. The van der Waals surface area contributed by atoms with Crippen LogP contribution < -0.4 is 5.56 Å². The lowest BCUT2D eigenvalue weighted by Gasteiger charge is -2.15. The number of carbonyl (C=O) groups is 1. The van der Waals surface area contributed by atoms with Crippen molar-refractivity contribution in [2.24, 2.45) is 0 Å². The van der Waals surface area contributed by atoms with Gasteiger partial charge in [-0.25, -0.2) is 4.98 Å². The Morgan fingerprint density at radius 2 is 2.00 bits per heavy atom. The Balaban J connectivity index is 0.00000141. The molecule has 1 aliphatic rings. The molecule has 0 saturated carbocycles. The first-order valence-electron chi connectivity index (χ1n) is 10.1. The molecule has 1 aromatic carbocycles. The topological polar surface area (TPSA) is 145 Å². The molecule has 32 heavy (non-hydrogen) atoms. The molecule has 0 aliphatic carbocycles. The summed E-state index contributed by atoms with van der Waals surface area (Å²) in [6.45, 7) is 4.54. The van der Waals surface area contributed by atoms with Crippen molar-refractivity contribution in [3.05, 3.63) is 67.0 Å². The number of fused-ring (bicyclic) bond motifs is 4. The van der Waals surface area contributed by atoms with Crippen molar-refractivity contribution in [3.8, 4) is 11.4 Å². The first kappa shape index (κ1) is 23.0. The number of carbonyl (C=O) groups excluding carboxylic acids is 1. The Labute approximate surface area is 182 Å². The van der Waals surface area contributed by atoms with Crippen LogP contribution in [0.4, 0.5) is 5.69 Å². The summed E-state index contributed by atoms with van der Waals surface area (Å²) in [6, 6.07) is 7.02. The molecule has 3 heterocycles. The van der Waals surface area contributed by atoms with Gasteiger partial charge in [0.2, 0.25) is 0 Å². The number of aromatic nitrogens is 2. The zero-order chi connectivity index (χ0) is 23.6. The number of hydrogen-bond acceptors (Lipinski definition) is 8. The normalized spacial score (nSPS) is 12.4. The molecule has 0 bridgehead atoms. The second kappa shape index (κ2) is 9.25. The molecule has 0 amide bonds. The Morgan fingerprint density at radius 1 is 1.31 bits per heavy atom. The molecule has 0 fully saturated rings. The van der Waals surface area contributed by atoms with Gasteiger partial charge in [0.15, 0.2) is 0 Å². The van der Waals surface area contributed by atoms with Gasteiger partial charge in [-0.2, -0.15) is 0 Å². The first-order valence-corrected chi connectivity index (χ1v) is 10.1. The highest BCUT2D eigenvalue weighted by Gasteiger charge is 2.38. The standard InChI is InChI=1S/C20H17N3O7.C2H6/c1-10(26)16-14(8-30-9-25)20(27)22-6-12-13(7-24)11-4-2-3-5-15(11)21-17(12)19(22)18(16)23(28)29;1-2/h2-5,9-10,24,26H,6-8H2,1H3;1-2H3. The van der Waals surface area contributed by atoms with Crippen LogP contribution in [0.5, 0.6) is 0 Å². The Hall–Kier alpha value is -3.63. The van der Waals surface area contributed by atoms with Crippen molar-refractivity contribution in [3.63, 3.8) is 0 Å². The number of aliphatic hydroxyl groups excluding tert-OH is 2. The van der Waals surface area contributed by atoms with Crippen LogP contribution in [0, 0.1) is 10.1 Å². The fourth-order valence-electron chi connectivity index (χ4n) is 4.09. The summed E-state index contributed by atoms with van der Waals surface area (Å²) in [5.74, 6) is 0. The molecule has 10 nitrogen and oxygen atoms in total. The molecule has 1 atom stereocenters. The molecule has 10 heteroatoms. The second-order valence-electron chi connectivity index (χ2n) is 6.91. The highest BCUT2D eigenvalue weighted by molar-refractivity contribution is 5.89. The minimum Gasteiger partial charge on any atom is -0.463 e. The summed E-state index contributed by atoms with van der Waals surface area (Å²) in [4.78, 5) is 39.7. The maximum absolute atomic E-state index is 13.2. The van der Waals surface area contributed by atoms with E-state index in [9.17, 15) is 29.9 Å². The summed E-state index contributed by atoms with van der Waals surface area (Å²) in [5, 5.41) is 33.0. The van der Waals surface area contributed by atoms with Crippen LogP contribution in [-0.4, -0.2) is 31.2 Å². The minimum atomic E-state index is -1.36. The predicted molar refractivity (Wildman–Crippen MR) is 116 cm³/mol. The van der Waals surface area contributed by atoms with E-state index in [1.54, 1.807) is 24.3 Å². The van der Waals surface area contributed by atoms with Crippen LogP contribution in [0.2, 0.25) is 0 Å². The number of para-hydroxylation sites is 1. The molecule has 3 aromatic rings. The SMILES string of the molecule is CC.CC(O)c1c([N+](=O)[O-])c2n(c(=O)c1COC=O)Cc1c-2nc2ccccc2c1CO. The van der Waals surface area contributed by atoms with Crippen LogP contribution in [-0.2, 0) is 29.3 Å². The zero-order valence-corrected chi connectivity index (χ0v) is 17.9. The molecule has 2 aromatic heterocycles. The molecule has 4 rings (SSSR count). The van der Waals surface area contributed by atoms with E-state index in [1.807, 2.05) is 13.8 Å². The Kier molecular flexibility index (Phi) is 6.66. The zero-order valence-electron chi connectivity index (χ0n) is 17.9. The van der Waals surface area contributed by atoms with Gasteiger partial charge in [0.25, 0.3) is 12.0 Å². The predicted octanol–water partition coefficient (Wildman–Crippen LogP) is 2.58. The van der Waals surface area contributed by atoms with Gasteiger partial charge < -0.3 is 14.9 Å². The molecular weight excluding hydrogens is 418 g/mol. The third-order valence-corrected chi connectivity index (χ3v) is 5.28. The van der Waals surface area contributed by atoms with Crippen LogP contribution in [0.3, 0.4) is 0 Å². The smallest absolute Gasteiger partial charge is 0.301 e. The van der Waals surface area contributed by atoms with E-state index in [0.717, 1.165) is 0 Å². The van der Waals surface area contributed by atoms with Gasteiger partial charge in [-0.05, 0) is 18.6 Å². The Bertz CT molecular complexity index is 1260. The van der Waals surface area contributed by atoms with Crippen LogP contribution >= 0.6 is 0 Å². The van der Waals surface area contributed by atoms with Crippen LogP contribution in [0.15, 0.2) is 29.1 Å². The highest BCUT2D eigenvalue weighted by atomic mass is 16.6. The maximum Gasteiger partial charge on any atom is 0.301 e. The Morgan fingerprint density at radius 3 is 2.59 bits per heavy atom. The van der Waals surface area contributed by atoms with Crippen molar-refractivity contribution < 1.29 is 24.7 Å². The molecule has 1 aliphatic heterocycles. The summed E-state index contributed by atoms with van der Waals surface area (Å²) in [7, 11) is 0. The minimum absolute atomic E-state index is 0.0355. The van der Waals surface area contributed by atoms with E-state index in [4.69, 9.17) is 0 Å². The average molecular weight is 441 g/mol. The summed E-state index contributed by atoms with van der Waals surface area (Å²) < 4.78 is 5.87. The fourth-order valence-corrected chi connectivity index (χ4v) is 4.09. The molecule has 0 saturated heterocycles. The summed E-state index contributed by atoms with van der Waals surface area (Å²) >= 11 is 0. The number of hydrogen-bond donors (Lipinski definition) is 2. The number of pyridine rings is 2. The van der Waals surface area contributed by atoms with Crippen molar-refractivity contribution in [1.29, 1.82) is 0 Å². The van der Waals surface area contributed by atoms with Gasteiger partial charge in [-0.15, -0.1) is 0 Å². The van der Waals surface area contributed by atoms with E-state index in [2.05, 4.69) is 9.72 Å². The quantitative estimate of drug-likeness (QED) is 0.264. The fraction of sp³-hybridized carbons (Fsp3) is 0.318. The number of ether oxygens (including phenoxy) is 1. The molecular formula is C22H23N3O7. The molecule has 1 unspecified atom stereocenters. The van der Waals surface area contributed by atoms with E-state index < -0.39 is 28.9 Å². The maximum atomic E-state index is 13.2. The van der Waals surface area contributed by atoms with Crippen LogP contribution in [0.25, 0.3) is 22.3 Å². The monoisotopic (exact) mass is 441 g/mol. The molecule has 2 N–H and O–H groups in total. The lowest BCUT2D eigenvalue weighted by molar-refractivity contribution is -0.385. The third-order valence-electron chi connectivity index (χ3n) is 5.28. The number of nitro groups is 1. The number of benzene rings is 1. The summed E-state index contributed by atoms with van der Waals surface area (Å²) in [6.07, 6.45) is -1.36. The second-order valence-corrected chi connectivity index (χ2v) is 6.91. The number of rotatable bonds is 6. The number of aliphatic hydroxyl groups is 2. The van der Waals surface area contributed by atoms with Crippen molar-refractivity contribution in [2.75, 3.05) is 0 Å². The molecule has 168 valence electrons. The highest BCUT2D eigenvalue weighted by Crippen LogP contribution is 2.43. The van der Waals surface area contributed by atoms with Crippen LogP contribution in [0.1, 0.15) is 49.1 Å². The van der Waals surface area contributed by atoms with Gasteiger partial charge in [0, 0.05) is 10.9 Å². The van der Waals surface area contributed by atoms with Gasteiger partial charge in [-0.3, -0.25) is 24.3 Å². The summed E-state index contributed by atoms with van der Waals surface area (Å²) in [5.41, 5.74) is 0.236. The average Bonchev–Trinajstić information content (AvgIpc) is 3.16. The van der Waals surface area contributed by atoms with Gasteiger partial charge in [0.05, 0.1) is 46.5 Å². The molecule has 0 spiro atoms. The van der Waals surface area contributed by atoms with Crippen molar-refractivity contribution in [1.82, 2.24) is 9.55 Å². The van der Waals surface area contributed by atoms with E-state index in [1.165, 1.54) is 11.5 Å². The largest absolute Gasteiger partial charge is 0.463 e. The first-order chi connectivity index (χ1) is 15.4. The lowest BCUT2D eigenvalue weighted by atomic mass is 9.98. The van der Waals surface area contributed by atoms with E-state index in [-0.39, 0.29) is 42.1 Å². The van der Waals surface area contributed by atoms with Gasteiger partial charge in [0.1, 0.15) is 12.3 Å². The molecule has 0 radical (unpaired) electrons. The van der Waals surface area contributed by atoms with Gasteiger partial charge in [-0.1, -0.05) is 32.0 Å². The van der Waals surface area contributed by atoms with Gasteiger partial charge >= 0.3 is 5.69 Å². The van der Waals surface area contributed by atoms with Crippen molar-refractivity contribution in [2.45, 2.75) is 46.6 Å². The lowest BCUT2D eigenvalue weighted by Crippen LogP contribution is -2.27. The number of nitrogens with zero attached hydrogens (tertiary/aromatic N) is 3. The van der Waals surface area contributed by atoms with E-state index >= 15 is 0 Å². The van der Waals surface area contributed by atoms with Crippen molar-refractivity contribution >= 4 is 23.1 Å². The van der Waals surface area contributed by atoms with E-state index in [0.29, 0.717) is 22.0 Å².